The van der Waals surface area contributed by atoms with E-state index in [1.807, 2.05) is 22.7 Å². The summed E-state index contributed by atoms with van der Waals surface area (Å²) in [4.78, 5) is 11.1. The van der Waals surface area contributed by atoms with E-state index < -0.39 is 0 Å². The average Bonchev–Trinajstić information content (AvgIpc) is 3.48. The van der Waals surface area contributed by atoms with Crippen molar-refractivity contribution in [1.29, 1.82) is 0 Å². The number of nitrogens with zero attached hydrogens (tertiary/aromatic N) is 3. The number of fused-ring (bicyclic) bond motifs is 6. The molecule has 0 aliphatic rings. The van der Waals surface area contributed by atoms with Crippen LogP contribution in [0.4, 0.5) is 0 Å². The van der Waals surface area contributed by atoms with Gasteiger partial charge >= 0.3 is 0 Å². The summed E-state index contributed by atoms with van der Waals surface area (Å²) in [6.07, 6.45) is 0. The van der Waals surface area contributed by atoms with Crippen molar-refractivity contribution in [2.45, 2.75) is 27.7 Å². The number of thiophene rings is 2. The quantitative estimate of drug-likeness (QED) is 0.243. The van der Waals surface area contributed by atoms with E-state index in [-0.39, 0.29) is 0 Å². The molecule has 35 heavy (non-hydrogen) atoms. The highest BCUT2D eigenvalue weighted by Crippen LogP contribution is 2.45. The molecule has 0 atom stereocenters. The van der Waals surface area contributed by atoms with Gasteiger partial charge in [0, 0.05) is 26.7 Å². The van der Waals surface area contributed by atoms with Gasteiger partial charge in [-0.3, -0.25) is 4.57 Å². The second-order valence-corrected chi connectivity index (χ2v) is 11.4. The fraction of sp³-hybridized carbons (Fsp3) is 0.133. The van der Waals surface area contributed by atoms with E-state index in [1.165, 1.54) is 52.8 Å². The summed E-state index contributed by atoms with van der Waals surface area (Å²) in [5.74, 6) is 1.00. The maximum Gasteiger partial charge on any atom is 0.146 e. The van der Waals surface area contributed by atoms with Crippen LogP contribution in [0.5, 0.6) is 0 Å². The Morgan fingerprint density at radius 3 is 2.29 bits per heavy atom. The molecule has 0 radical (unpaired) electrons. The number of aryl methyl sites for hydroxylation is 4. The average molecular weight is 490 g/mol. The molecule has 5 heteroatoms. The lowest BCUT2D eigenvalue weighted by atomic mass is 10.0. The topological polar surface area (TPSA) is 30.7 Å². The van der Waals surface area contributed by atoms with Crippen molar-refractivity contribution in [3.05, 3.63) is 89.1 Å². The van der Waals surface area contributed by atoms with Gasteiger partial charge in [0.2, 0.25) is 0 Å². The van der Waals surface area contributed by atoms with E-state index in [1.54, 1.807) is 0 Å². The third kappa shape index (κ3) is 3.01. The highest BCUT2D eigenvalue weighted by molar-refractivity contribution is 7.36. The Labute approximate surface area is 211 Å². The zero-order valence-corrected chi connectivity index (χ0v) is 21.6. The minimum Gasteiger partial charge on any atom is -0.292 e. The molecule has 0 N–H and O–H groups in total. The Morgan fingerprint density at radius 1 is 0.686 bits per heavy atom. The van der Waals surface area contributed by atoms with E-state index in [0.717, 1.165) is 27.4 Å². The second kappa shape index (κ2) is 7.48. The molecule has 3 nitrogen and oxygen atoms in total. The molecule has 4 heterocycles. The van der Waals surface area contributed by atoms with E-state index in [9.17, 15) is 0 Å². The van der Waals surface area contributed by atoms with Crippen LogP contribution in [0.15, 0.2) is 66.7 Å². The normalized spacial score (nSPS) is 12.0. The summed E-state index contributed by atoms with van der Waals surface area (Å²) in [7, 11) is 0. The highest BCUT2D eigenvalue weighted by atomic mass is 32.1. The van der Waals surface area contributed by atoms with Crippen LogP contribution in [0, 0.1) is 27.7 Å². The number of rotatable bonds is 2. The standard InChI is InChI=1S/C30H23N3S2/c1-16-8-7-9-17(2)26(16)33-24-11-6-5-10-23(24)32-29(33)21-15-25-22(14-18(21)3)28-27(34-25)20-13-12-19(4)31-30(20)35-28/h5-15H,1-4H3. The number of aromatic nitrogens is 3. The van der Waals surface area contributed by atoms with Crippen molar-refractivity contribution in [2.75, 3.05) is 0 Å². The minimum atomic E-state index is 1.00. The maximum absolute atomic E-state index is 5.17. The molecule has 7 aromatic rings. The first-order valence-electron chi connectivity index (χ1n) is 11.8. The van der Waals surface area contributed by atoms with Crippen LogP contribution in [0.2, 0.25) is 0 Å². The van der Waals surface area contributed by atoms with Crippen LogP contribution >= 0.6 is 22.7 Å². The van der Waals surface area contributed by atoms with Gasteiger partial charge in [0.15, 0.2) is 0 Å². The van der Waals surface area contributed by atoms with Crippen molar-refractivity contribution >= 4 is 63.4 Å². The van der Waals surface area contributed by atoms with Crippen LogP contribution in [0.25, 0.3) is 57.8 Å². The Hall–Kier alpha value is -3.54. The lowest BCUT2D eigenvalue weighted by Crippen LogP contribution is -2.03. The van der Waals surface area contributed by atoms with Crippen LogP contribution in [-0.2, 0) is 0 Å². The third-order valence-corrected chi connectivity index (χ3v) is 9.34. The fourth-order valence-corrected chi connectivity index (χ4v) is 7.89. The predicted octanol–water partition coefficient (Wildman–Crippen LogP) is 8.90. The van der Waals surface area contributed by atoms with Gasteiger partial charge in [-0.15, -0.1) is 22.7 Å². The highest BCUT2D eigenvalue weighted by Gasteiger charge is 2.21. The Morgan fingerprint density at radius 2 is 1.46 bits per heavy atom. The van der Waals surface area contributed by atoms with Crippen molar-refractivity contribution in [3.8, 4) is 17.1 Å². The van der Waals surface area contributed by atoms with Gasteiger partial charge < -0.3 is 0 Å². The van der Waals surface area contributed by atoms with E-state index in [2.05, 4.69) is 99.0 Å². The largest absolute Gasteiger partial charge is 0.292 e. The first kappa shape index (κ1) is 20.8. The minimum absolute atomic E-state index is 1.00. The molecule has 170 valence electrons. The molecule has 3 aromatic carbocycles. The van der Waals surface area contributed by atoms with Crippen molar-refractivity contribution in [3.63, 3.8) is 0 Å². The van der Waals surface area contributed by atoms with E-state index in [0.29, 0.717) is 0 Å². The van der Waals surface area contributed by atoms with Gasteiger partial charge in [0.25, 0.3) is 0 Å². The van der Waals surface area contributed by atoms with Crippen LogP contribution in [-0.4, -0.2) is 14.5 Å². The van der Waals surface area contributed by atoms with Crippen LogP contribution in [0.1, 0.15) is 22.4 Å². The molecule has 0 spiro atoms. The SMILES string of the molecule is Cc1ccc2c(n1)sc1c3cc(C)c(-c4nc5ccccc5n4-c4c(C)cccc4C)cc3sc21. The molecule has 0 fully saturated rings. The summed E-state index contributed by atoms with van der Waals surface area (Å²) < 4.78 is 6.34. The first-order chi connectivity index (χ1) is 17.0. The molecule has 0 saturated heterocycles. The van der Waals surface area contributed by atoms with Gasteiger partial charge in [-0.25, -0.2) is 9.97 Å². The molecule has 0 bridgehead atoms. The Kier molecular flexibility index (Phi) is 4.44. The maximum atomic E-state index is 5.17. The van der Waals surface area contributed by atoms with E-state index >= 15 is 0 Å². The summed E-state index contributed by atoms with van der Waals surface area (Å²) in [6, 6.07) is 24.0. The number of benzene rings is 3. The monoisotopic (exact) mass is 489 g/mol. The second-order valence-electron chi connectivity index (χ2n) is 9.33. The molecule has 0 amide bonds. The lowest BCUT2D eigenvalue weighted by Gasteiger charge is -2.16. The summed E-state index contributed by atoms with van der Waals surface area (Å²) in [6.45, 7) is 8.64. The molecule has 0 unspecified atom stereocenters. The van der Waals surface area contributed by atoms with Gasteiger partial charge in [0.1, 0.15) is 10.7 Å². The van der Waals surface area contributed by atoms with Crippen LogP contribution < -0.4 is 0 Å². The summed E-state index contributed by atoms with van der Waals surface area (Å²) in [5, 5.41) is 2.58. The van der Waals surface area contributed by atoms with Crippen LogP contribution in [0.3, 0.4) is 0 Å². The van der Waals surface area contributed by atoms with Crippen molar-refractivity contribution in [2.24, 2.45) is 0 Å². The number of hydrogen-bond acceptors (Lipinski definition) is 4. The smallest absolute Gasteiger partial charge is 0.146 e. The zero-order chi connectivity index (χ0) is 23.8. The van der Waals surface area contributed by atoms with Gasteiger partial charge in [-0.2, -0.15) is 0 Å². The summed E-state index contributed by atoms with van der Waals surface area (Å²) in [5.41, 5.74) is 9.36. The molecule has 0 aliphatic carbocycles. The zero-order valence-electron chi connectivity index (χ0n) is 20.0. The lowest BCUT2D eigenvalue weighted by molar-refractivity contribution is 1.06. The predicted molar refractivity (Wildman–Crippen MR) is 152 cm³/mol. The number of imidazole rings is 1. The molecule has 7 rings (SSSR count). The fourth-order valence-electron chi connectivity index (χ4n) is 5.22. The summed E-state index contributed by atoms with van der Waals surface area (Å²) >= 11 is 3.68. The van der Waals surface area contributed by atoms with Gasteiger partial charge in [0.05, 0.1) is 26.1 Å². The van der Waals surface area contributed by atoms with Gasteiger partial charge in [-0.05, 0) is 80.8 Å². The third-order valence-electron chi connectivity index (χ3n) is 6.90. The molecular weight excluding hydrogens is 466 g/mol. The number of hydrogen-bond donors (Lipinski definition) is 0. The molecular formula is C30H23N3S2. The molecule has 0 aliphatic heterocycles. The number of para-hydroxylation sites is 3. The Balaban J connectivity index is 1.54. The molecule has 4 aromatic heterocycles. The number of pyridine rings is 1. The first-order valence-corrected chi connectivity index (χ1v) is 13.4. The van der Waals surface area contributed by atoms with Crippen molar-refractivity contribution in [1.82, 2.24) is 14.5 Å². The molecule has 0 saturated carbocycles. The Bertz CT molecular complexity index is 1930. The van der Waals surface area contributed by atoms with Crippen molar-refractivity contribution < 1.29 is 0 Å². The van der Waals surface area contributed by atoms with E-state index in [4.69, 9.17) is 9.97 Å². The van der Waals surface area contributed by atoms with Gasteiger partial charge in [-0.1, -0.05) is 30.3 Å².